The van der Waals surface area contributed by atoms with Crippen LogP contribution in [0.1, 0.15) is 18.4 Å². The molecule has 0 unspecified atom stereocenters. The van der Waals surface area contributed by atoms with Crippen LogP contribution in [0.15, 0.2) is 47.4 Å². The Morgan fingerprint density at radius 2 is 1.68 bits per heavy atom. The van der Waals surface area contributed by atoms with E-state index in [2.05, 4.69) is 4.72 Å². The largest absolute Gasteiger partial charge is 0.490 e. The predicted molar refractivity (Wildman–Crippen MR) is 86.5 cm³/mol. The standard InChI is InChI=1S/C17H19NO3S/c1-12-3-4-14(11-17(12)22(19,20)18-2)13-5-7-15(8-6-13)21-16-9-10-16/h3-8,11,16,18H,9-10H2,1-2H3. The molecule has 3 rings (SSSR count). The van der Waals surface area contributed by atoms with Crippen LogP contribution in [0.4, 0.5) is 0 Å². The van der Waals surface area contributed by atoms with Crippen LogP contribution in [0.5, 0.6) is 5.75 Å². The highest BCUT2D eigenvalue weighted by molar-refractivity contribution is 7.89. The Hall–Kier alpha value is -1.85. The maximum absolute atomic E-state index is 12.1. The molecule has 1 N–H and O–H groups in total. The van der Waals surface area contributed by atoms with Crippen LogP contribution in [0, 0.1) is 6.92 Å². The highest BCUT2D eigenvalue weighted by Crippen LogP contribution is 2.30. The smallest absolute Gasteiger partial charge is 0.240 e. The van der Waals surface area contributed by atoms with Crippen LogP contribution in [0.25, 0.3) is 11.1 Å². The molecule has 0 spiro atoms. The van der Waals surface area contributed by atoms with Gasteiger partial charge in [-0.1, -0.05) is 24.3 Å². The lowest BCUT2D eigenvalue weighted by atomic mass is 10.0. The summed E-state index contributed by atoms with van der Waals surface area (Å²) in [4.78, 5) is 0.311. The fourth-order valence-electron chi connectivity index (χ4n) is 2.28. The molecule has 5 heteroatoms. The van der Waals surface area contributed by atoms with E-state index in [-0.39, 0.29) is 0 Å². The van der Waals surface area contributed by atoms with E-state index in [1.807, 2.05) is 36.4 Å². The minimum absolute atomic E-state index is 0.311. The fraction of sp³-hybridized carbons (Fsp3) is 0.294. The zero-order valence-electron chi connectivity index (χ0n) is 12.7. The lowest BCUT2D eigenvalue weighted by Gasteiger charge is -2.10. The molecule has 0 aromatic heterocycles. The summed E-state index contributed by atoms with van der Waals surface area (Å²) < 4.78 is 32.2. The SMILES string of the molecule is CNS(=O)(=O)c1cc(-c2ccc(OC3CC3)cc2)ccc1C. The topological polar surface area (TPSA) is 55.4 Å². The second kappa shape index (κ2) is 5.74. The molecule has 0 atom stereocenters. The summed E-state index contributed by atoms with van der Waals surface area (Å²) in [6.07, 6.45) is 2.63. The molecule has 22 heavy (non-hydrogen) atoms. The van der Waals surface area contributed by atoms with Gasteiger partial charge in [0, 0.05) is 0 Å². The van der Waals surface area contributed by atoms with Crippen LogP contribution in [0.2, 0.25) is 0 Å². The van der Waals surface area contributed by atoms with Crippen molar-refractivity contribution >= 4 is 10.0 Å². The van der Waals surface area contributed by atoms with Crippen molar-refractivity contribution in [3.63, 3.8) is 0 Å². The maximum atomic E-state index is 12.1. The highest BCUT2D eigenvalue weighted by atomic mass is 32.2. The Kier molecular flexibility index (Phi) is 3.93. The summed E-state index contributed by atoms with van der Waals surface area (Å²) in [5, 5.41) is 0. The Morgan fingerprint density at radius 1 is 1.05 bits per heavy atom. The summed E-state index contributed by atoms with van der Waals surface area (Å²) in [5.41, 5.74) is 2.57. The monoisotopic (exact) mass is 317 g/mol. The zero-order valence-corrected chi connectivity index (χ0v) is 13.5. The number of benzene rings is 2. The summed E-state index contributed by atoms with van der Waals surface area (Å²) >= 11 is 0. The summed E-state index contributed by atoms with van der Waals surface area (Å²) in [6.45, 7) is 1.79. The van der Waals surface area contributed by atoms with Gasteiger partial charge in [0.05, 0.1) is 11.0 Å². The van der Waals surface area contributed by atoms with Crippen molar-refractivity contribution in [3.05, 3.63) is 48.0 Å². The third-order valence-corrected chi connectivity index (χ3v) is 5.32. The van der Waals surface area contributed by atoms with E-state index in [0.29, 0.717) is 11.0 Å². The molecule has 0 bridgehead atoms. The summed E-state index contributed by atoms with van der Waals surface area (Å²) in [7, 11) is -2.03. The quantitative estimate of drug-likeness (QED) is 0.922. The molecular formula is C17H19NO3S. The molecule has 0 aliphatic heterocycles. The lowest BCUT2D eigenvalue weighted by Crippen LogP contribution is -2.19. The van der Waals surface area contributed by atoms with Crippen molar-refractivity contribution in [3.8, 4) is 16.9 Å². The number of ether oxygens (including phenoxy) is 1. The Morgan fingerprint density at radius 3 is 2.27 bits per heavy atom. The number of sulfonamides is 1. The number of hydrogen-bond acceptors (Lipinski definition) is 3. The molecule has 0 amide bonds. The van der Waals surface area contributed by atoms with Gasteiger partial charge in [-0.3, -0.25) is 0 Å². The van der Waals surface area contributed by atoms with E-state index in [1.165, 1.54) is 7.05 Å². The Bertz CT molecular complexity index is 778. The molecule has 0 heterocycles. The predicted octanol–water partition coefficient (Wildman–Crippen LogP) is 3.11. The van der Waals surface area contributed by atoms with Crippen LogP contribution in [-0.2, 0) is 10.0 Å². The van der Waals surface area contributed by atoms with Gasteiger partial charge in [0.1, 0.15) is 5.75 Å². The Labute approximate surface area is 131 Å². The first-order chi connectivity index (χ1) is 10.5. The third kappa shape index (κ3) is 3.15. The normalized spacial score (nSPS) is 14.8. The van der Waals surface area contributed by atoms with Crippen LogP contribution in [-0.4, -0.2) is 21.6 Å². The number of nitrogens with one attached hydrogen (secondary N) is 1. The minimum Gasteiger partial charge on any atom is -0.490 e. The van der Waals surface area contributed by atoms with Crippen molar-refractivity contribution in [2.75, 3.05) is 7.05 Å². The first kappa shape index (κ1) is 15.1. The van der Waals surface area contributed by atoms with Crippen molar-refractivity contribution in [2.24, 2.45) is 0 Å². The molecule has 2 aromatic carbocycles. The van der Waals surface area contributed by atoms with E-state index in [4.69, 9.17) is 4.74 Å². The second-order valence-electron chi connectivity index (χ2n) is 5.53. The van der Waals surface area contributed by atoms with Crippen LogP contribution < -0.4 is 9.46 Å². The average molecular weight is 317 g/mol. The lowest BCUT2D eigenvalue weighted by molar-refractivity contribution is 0.303. The van der Waals surface area contributed by atoms with Crippen molar-refractivity contribution < 1.29 is 13.2 Å². The van der Waals surface area contributed by atoms with E-state index in [9.17, 15) is 8.42 Å². The molecular weight excluding hydrogens is 298 g/mol. The van der Waals surface area contributed by atoms with Gasteiger partial charge in [0.2, 0.25) is 10.0 Å². The van der Waals surface area contributed by atoms with E-state index in [1.54, 1.807) is 13.0 Å². The van der Waals surface area contributed by atoms with Gasteiger partial charge in [-0.15, -0.1) is 0 Å². The van der Waals surface area contributed by atoms with Crippen LogP contribution >= 0.6 is 0 Å². The van der Waals surface area contributed by atoms with Gasteiger partial charge < -0.3 is 4.74 Å². The van der Waals surface area contributed by atoms with Crippen molar-refractivity contribution in [2.45, 2.75) is 30.8 Å². The van der Waals surface area contributed by atoms with Gasteiger partial charge in [0.25, 0.3) is 0 Å². The van der Waals surface area contributed by atoms with Crippen molar-refractivity contribution in [1.82, 2.24) is 4.72 Å². The first-order valence-corrected chi connectivity index (χ1v) is 8.79. The van der Waals surface area contributed by atoms with Gasteiger partial charge in [-0.05, 0) is 61.7 Å². The van der Waals surface area contributed by atoms with Crippen LogP contribution in [0.3, 0.4) is 0 Å². The maximum Gasteiger partial charge on any atom is 0.240 e. The number of hydrogen-bond donors (Lipinski definition) is 1. The molecule has 1 saturated carbocycles. The number of aryl methyl sites for hydroxylation is 1. The molecule has 4 nitrogen and oxygen atoms in total. The second-order valence-corrected chi connectivity index (χ2v) is 7.38. The summed E-state index contributed by atoms with van der Waals surface area (Å²) in [6, 6.07) is 13.2. The van der Waals surface area contributed by atoms with Gasteiger partial charge in [-0.25, -0.2) is 13.1 Å². The minimum atomic E-state index is -3.45. The van der Waals surface area contributed by atoms with Crippen molar-refractivity contribution in [1.29, 1.82) is 0 Å². The highest BCUT2D eigenvalue weighted by Gasteiger charge is 2.23. The molecule has 116 valence electrons. The van der Waals surface area contributed by atoms with Gasteiger partial charge in [0.15, 0.2) is 0 Å². The number of rotatable bonds is 5. The summed E-state index contributed by atoms with van der Waals surface area (Å²) in [5.74, 6) is 0.862. The molecule has 0 saturated heterocycles. The van der Waals surface area contributed by atoms with Gasteiger partial charge >= 0.3 is 0 Å². The fourth-order valence-corrected chi connectivity index (χ4v) is 3.28. The van der Waals surface area contributed by atoms with E-state index >= 15 is 0 Å². The molecule has 1 aliphatic rings. The van der Waals surface area contributed by atoms with E-state index < -0.39 is 10.0 Å². The average Bonchev–Trinajstić information content (AvgIpc) is 3.32. The third-order valence-electron chi connectivity index (χ3n) is 3.76. The molecule has 0 radical (unpaired) electrons. The van der Waals surface area contributed by atoms with Gasteiger partial charge in [-0.2, -0.15) is 0 Å². The first-order valence-electron chi connectivity index (χ1n) is 7.31. The molecule has 2 aromatic rings. The zero-order chi connectivity index (χ0) is 15.7. The Balaban J connectivity index is 1.92. The molecule has 1 fully saturated rings. The van der Waals surface area contributed by atoms with E-state index in [0.717, 1.165) is 35.3 Å². The molecule has 1 aliphatic carbocycles.